The smallest absolute Gasteiger partial charge is 0.315 e. The Morgan fingerprint density at radius 1 is 1.16 bits per heavy atom. The molecule has 1 aliphatic carbocycles. The van der Waals surface area contributed by atoms with Crippen LogP contribution in [0.4, 0.5) is 4.79 Å². The number of carbonyl (C=O) groups is 1. The average Bonchev–Trinajstić information content (AvgIpc) is 2.47. The van der Waals surface area contributed by atoms with Gasteiger partial charge in [-0.3, -0.25) is 0 Å². The summed E-state index contributed by atoms with van der Waals surface area (Å²) in [5.41, 5.74) is 0. The van der Waals surface area contributed by atoms with Crippen molar-refractivity contribution in [1.29, 1.82) is 0 Å². The minimum atomic E-state index is -0.402. The molecule has 110 valence electrons. The molecule has 0 aromatic carbocycles. The van der Waals surface area contributed by atoms with E-state index in [1.165, 1.54) is 19.3 Å². The first-order chi connectivity index (χ1) is 9.25. The van der Waals surface area contributed by atoms with Gasteiger partial charge in [0.1, 0.15) is 0 Å². The monoisotopic (exact) mass is 270 g/mol. The number of rotatable bonds is 4. The molecule has 1 unspecified atom stereocenters. The minimum absolute atomic E-state index is 0.165. The van der Waals surface area contributed by atoms with Gasteiger partial charge in [0.25, 0.3) is 0 Å². The summed E-state index contributed by atoms with van der Waals surface area (Å²) in [5, 5.41) is 15.8. The predicted octanol–water partition coefficient (Wildman–Crippen LogP) is 1.41. The van der Waals surface area contributed by atoms with Crippen molar-refractivity contribution in [2.75, 3.05) is 19.8 Å². The van der Waals surface area contributed by atoms with E-state index in [9.17, 15) is 9.90 Å². The van der Waals surface area contributed by atoms with Gasteiger partial charge in [-0.1, -0.05) is 19.3 Å². The molecule has 5 heteroatoms. The number of aliphatic hydroxyl groups excluding tert-OH is 1. The number of nitrogens with one attached hydrogen (secondary N) is 2. The maximum absolute atomic E-state index is 11.7. The van der Waals surface area contributed by atoms with Crippen molar-refractivity contribution >= 4 is 6.03 Å². The van der Waals surface area contributed by atoms with Crippen molar-refractivity contribution < 1.29 is 14.6 Å². The molecule has 2 fully saturated rings. The number of aliphatic hydroxyl groups is 1. The molecule has 0 aromatic heterocycles. The first-order valence-corrected chi connectivity index (χ1v) is 7.56. The van der Waals surface area contributed by atoms with Crippen LogP contribution in [0.2, 0.25) is 0 Å². The fourth-order valence-electron chi connectivity index (χ4n) is 2.96. The molecule has 2 rings (SSSR count). The Kier molecular flexibility index (Phi) is 5.92. The van der Waals surface area contributed by atoms with E-state index in [0.717, 1.165) is 38.9 Å². The molecule has 19 heavy (non-hydrogen) atoms. The Bertz CT molecular complexity index is 274. The van der Waals surface area contributed by atoms with Crippen LogP contribution in [-0.4, -0.2) is 43.0 Å². The van der Waals surface area contributed by atoms with Gasteiger partial charge in [-0.05, 0) is 31.6 Å². The molecular formula is C14H26N2O3. The number of carbonyl (C=O) groups excluding carboxylic acids is 1. The third-order valence-electron chi connectivity index (χ3n) is 4.22. The van der Waals surface area contributed by atoms with Gasteiger partial charge in [-0.2, -0.15) is 0 Å². The molecule has 2 aliphatic rings. The van der Waals surface area contributed by atoms with E-state index in [2.05, 4.69) is 10.6 Å². The highest BCUT2D eigenvalue weighted by molar-refractivity contribution is 5.74. The van der Waals surface area contributed by atoms with Crippen LogP contribution in [0.3, 0.4) is 0 Å². The largest absolute Gasteiger partial charge is 0.391 e. The number of amides is 2. The highest BCUT2D eigenvalue weighted by atomic mass is 16.5. The summed E-state index contributed by atoms with van der Waals surface area (Å²) in [5.74, 6) is 0.358. The molecule has 1 aliphatic heterocycles. The van der Waals surface area contributed by atoms with Gasteiger partial charge in [0.05, 0.1) is 6.10 Å². The Balaban J connectivity index is 1.61. The molecule has 0 radical (unpaired) electrons. The minimum Gasteiger partial charge on any atom is -0.391 e. The van der Waals surface area contributed by atoms with Crippen LogP contribution in [0.25, 0.3) is 0 Å². The lowest BCUT2D eigenvalue weighted by Gasteiger charge is -2.27. The average molecular weight is 270 g/mol. The number of hydrogen-bond donors (Lipinski definition) is 3. The van der Waals surface area contributed by atoms with E-state index >= 15 is 0 Å². The summed E-state index contributed by atoms with van der Waals surface area (Å²) in [7, 11) is 0. The van der Waals surface area contributed by atoms with Crippen molar-refractivity contribution in [3.05, 3.63) is 0 Å². The van der Waals surface area contributed by atoms with Crippen molar-refractivity contribution in [2.24, 2.45) is 5.92 Å². The van der Waals surface area contributed by atoms with E-state index in [0.29, 0.717) is 12.5 Å². The van der Waals surface area contributed by atoms with Gasteiger partial charge >= 0.3 is 6.03 Å². The van der Waals surface area contributed by atoms with Crippen LogP contribution in [0.5, 0.6) is 0 Å². The van der Waals surface area contributed by atoms with Crippen molar-refractivity contribution in [2.45, 2.75) is 57.1 Å². The molecule has 0 bridgehead atoms. The van der Waals surface area contributed by atoms with Crippen LogP contribution in [0.15, 0.2) is 0 Å². The molecule has 5 nitrogen and oxygen atoms in total. The Morgan fingerprint density at radius 3 is 2.53 bits per heavy atom. The SMILES string of the molecule is O=C(NCC(O)C1CCCCC1)NC1CCOCC1. The lowest BCUT2D eigenvalue weighted by molar-refractivity contribution is 0.0770. The highest BCUT2D eigenvalue weighted by Crippen LogP contribution is 2.26. The van der Waals surface area contributed by atoms with E-state index in [1.807, 2.05) is 0 Å². The normalized spacial score (nSPS) is 23.8. The summed E-state index contributed by atoms with van der Waals surface area (Å²) in [4.78, 5) is 11.7. The van der Waals surface area contributed by atoms with Crippen LogP contribution < -0.4 is 10.6 Å². The Morgan fingerprint density at radius 2 is 1.84 bits per heavy atom. The summed E-state index contributed by atoms with van der Waals surface area (Å²) in [6.07, 6.45) is 7.21. The molecule has 3 N–H and O–H groups in total. The molecule has 1 atom stereocenters. The molecule has 0 aromatic rings. The fourth-order valence-corrected chi connectivity index (χ4v) is 2.96. The second kappa shape index (κ2) is 7.70. The van der Waals surface area contributed by atoms with Crippen molar-refractivity contribution in [3.8, 4) is 0 Å². The fraction of sp³-hybridized carbons (Fsp3) is 0.929. The molecular weight excluding hydrogens is 244 g/mol. The quantitative estimate of drug-likeness (QED) is 0.723. The first kappa shape index (κ1) is 14.6. The van der Waals surface area contributed by atoms with Gasteiger partial charge in [0, 0.05) is 25.8 Å². The van der Waals surface area contributed by atoms with E-state index < -0.39 is 6.10 Å². The van der Waals surface area contributed by atoms with Gasteiger partial charge in [0.15, 0.2) is 0 Å². The molecule has 1 saturated heterocycles. The van der Waals surface area contributed by atoms with Gasteiger partial charge in [-0.25, -0.2) is 4.79 Å². The van der Waals surface area contributed by atoms with Gasteiger partial charge < -0.3 is 20.5 Å². The zero-order chi connectivity index (χ0) is 13.5. The third-order valence-corrected chi connectivity index (χ3v) is 4.22. The van der Waals surface area contributed by atoms with Gasteiger partial charge in [0.2, 0.25) is 0 Å². The molecule has 1 saturated carbocycles. The number of hydrogen-bond acceptors (Lipinski definition) is 3. The Hall–Kier alpha value is -0.810. The lowest BCUT2D eigenvalue weighted by Crippen LogP contribution is -2.47. The number of urea groups is 1. The maximum atomic E-state index is 11.7. The zero-order valence-electron chi connectivity index (χ0n) is 11.6. The van der Waals surface area contributed by atoms with Crippen LogP contribution in [-0.2, 0) is 4.74 Å². The Labute approximate surface area is 115 Å². The molecule has 1 heterocycles. The highest BCUT2D eigenvalue weighted by Gasteiger charge is 2.22. The number of ether oxygens (including phenoxy) is 1. The first-order valence-electron chi connectivity index (χ1n) is 7.56. The van der Waals surface area contributed by atoms with Crippen LogP contribution in [0, 0.1) is 5.92 Å². The third kappa shape index (κ3) is 4.99. The van der Waals surface area contributed by atoms with Crippen molar-refractivity contribution in [3.63, 3.8) is 0 Å². The molecule has 0 spiro atoms. The molecule has 2 amide bonds. The van der Waals surface area contributed by atoms with Gasteiger partial charge in [-0.15, -0.1) is 0 Å². The summed E-state index contributed by atoms with van der Waals surface area (Å²) in [6.45, 7) is 1.80. The maximum Gasteiger partial charge on any atom is 0.315 e. The second-order valence-corrected chi connectivity index (χ2v) is 5.71. The van der Waals surface area contributed by atoms with E-state index in [1.54, 1.807) is 0 Å². The van der Waals surface area contributed by atoms with Crippen LogP contribution >= 0.6 is 0 Å². The summed E-state index contributed by atoms with van der Waals surface area (Å²) >= 11 is 0. The van der Waals surface area contributed by atoms with E-state index in [4.69, 9.17) is 4.74 Å². The zero-order valence-corrected chi connectivity index (χ0v) is 11.6. The topological polar surface area (TPSA) is 70.6 Å². The standard InChI is InChI=1S/C14H26N2O3/c17-13(11-4-2-1-3-5-11)10-15-14(18)16-12-6-8-19-9-7-12/h11-13,17H,1-10H2,(H2,15,16,18). The summed E-state index contributed by atoms with van der Waals surface area (Å²) in [6, 6.07) is 0.0438. The second-order valence-electron chi connectivity index (χ2n) is 5.71. The van der Waals surface area contributed by atoms with Crippen molar-refractivity contribution in [1.82, 2.24) is 10.6 Å². The van der Waals surface area contributed by atoms with E-state index in [-0.39, 0.29) is 12.1 Å². The predicted molar refractivity (Wildman–Crippen MR) is 73.0 cm³/mol. The lowest BCUT2D eigenvalue weighted by atomic mass is 9.85. The summed E-state index contributed by atoms with van der Waals surface area (Å²) < 4.78 is 5.25. The van der Waals surface area contributed by atoms with Crippen LogP contribution in [0.1, 0.15) is 44.9 Å².